The molecule has 0 bridgehead atoms. The van der Waals surface area contributed by atoms with E-state index in [4.69, 9.17) is 0 Å². The minimum atomic E-state index is -0.114. The summed E-state index contributed by atoms with van der Waals surface area (Å²) >= 11 is 1.46. The van der Waals surface area contributed by atoms with Crippen molar-refractivity contribution in [1.29, 1.82) is 0 Å². The molecule has 8 heteroatoms. The molecule has 0 unspecified atom stereocenters. The van der Waals surface area contributed by atoms with E-state index in [9.17, 15) is 4.79 Å². The van der Waals surface area contributed by atoms with Crippen molar-refractivity contribution >= 4 is 22.4 Å². The molecule has 2 aromatic rings. The smallest absolute Gasteiger partial charge is 0.231 e. The number of carbonyl (C=O) groups excluding carboxylic acids is 1. The summed E-state index contributed by atoms with van der Waals surface area (Å²) in [7, 11) is 1.89. The third kappa shape index (κ3) is 3.76. The molecule has 124 valence electrons. The van der Waals surface area contributed by atoms with Gasteiger partial charge in [-0.3, -0.25) is 9.48 Å². The van der Waals surface area contributed by atoms with E-state index in [1.807, 2.05) is 19.4 Å². The summed E-state index contributed by atoms with van der Waals surface area (Å²) < 4.78 is 1.77. The highest BCUT2D eigenvalue weighted by molar-refractivity contribution is 7.15. The van der Waals surface area contributed by atoms with Crippen molar-refractivity contribution < 1.29 is 4.79 Å². The van der Waals surface area contributed by atoms with E-state index in [-0.39, 0.29) is 17.7 Å². The van der Waals surface area contributed by atoms with Crippen LogP contribution in [0, 0.1) is 11.8 Å². The van der Waals surface area contributed by atoms with Crippen LogP contribution in [0.3, 0.4) is 0 Å². The highest BCUT2D eigenvalue weighted by Crippen LogP contribution is 2.29. The average molecular weight is 334 g/mol. The van der Waals surface area contributed by atoms with Crippen LogP contribution in [0.4, 0.5) is 5.13 Å². The summed E-state index contributed by atoms with van der Waals surface area (Å²) in [4.78, 5) is 12.6. The van der Waals surface area contributed by atoms with E-state index in [0.29, 0.717) is 17.6 Å². The summed E-state index contributed by atoms with van der Waals surface area (Å²) in [6, 6.07) is 0. The van der Waals surface area contributed by atoms with E-state index < -0.39 is 0 Å². The predicted octanol–water partition coefficient (Wildman–Crippen LogP) is 1.41. The maximum Gasteiger partial charge on any atom is 0.231 e. The molecular weight excluding hydrogens is 312 g/mol. The molecule has 3 rings (SSSR count). The first kappa shape index (κ1) is 16.1. The Morgan fingerprint density at radius 2 is 2.30 bits per heavy atom. The lowest BCUT2D eigenvalue weighted by Crippen LogP contribution is -2.28. The fraction of sp³-hybridized carbons (Fsp3) is 0.600. The van der Waals surface area contributed by atoms with Gasteiger partial charge in [0.05, 0.1) is 12.1 Å². The Morgan fingerprint density at radius 3 is 3.00 bits per heavy atom. The van der Waals surface area contributed by atoms with Gasteiger partial charge in [-0.05, 0) is 11.5 Å². The van der Waals surface area contributed by atoms with Crippen LogP contribution >= 0.6 is 11.3 Å². The van der Waals surface area contributed by atoms with Gasteiger partial charge >= 0.3 is 0 Å². The topological polar surface area (TPSA) is 84.7 Å². The van der Waals surface area contributed by atoms with Crippen molar-refractivity contribution in [2.24, 2.45) is 18.9 Å². The number of hydrogen-bond donors (Lipinski definition) is 2. The van der Waals surface area contributed by atoms with Gasteiger partial charge in [-0.25, -0.2) is 0 Å². The molecule has 0 saturated carbocycles. The average Bonchev–Trinajstić information content (AvgIpc) is 3.18. The fourth-order valence-corrected chi connectivity index (χ4v) is 3.82. The highest BCUT2D eigenvalue weighted by Gasteiger charge is 2.35. The number of aryl methyl sites for hydroxylation is 1. The number of nitrogens with one attached hydrogen (secondary N) is 2. The Bertz CT molecular complexity index is 679. The predicted molar refractivity (Wildman–Crippen MR) is 89.4 cm³/mol. The molecule has 0 aliphatic carbocycles. The van der Waals surface area contributed by atoms with Crippen LogP contribution in [-0.2, 0) is 18.3 Å². The van der Waals surface area contributed by atoms with Crippen molar-refractivity contribution in [3.63, 3.8) is 0 Å². The third-order valence-electron chi connectivity index (χ3n) is 3.98. The number of nitrogens with zero attached hydrogens (tertiary/aromatic N) is 4. The second kappa shape index (κ2) is 6.76. The Hall–Kier alpha value is -1.80. The van der Waals surface area contributed by atoms with Gasteiger partial charge in [-0.1, -0.05) is 25.2 Å². The number of anilines is 1. The number of carbonyl (C=O) groups is 1. The third-order valence-corrected chi connectivity index (χ3v) is 4.84. The zero-order valence-corrected chi connectivity index (χ0v) is 14.4. The molecule has 1 aliphatic rings. The van der Waals surface area contributed by atoms with Crippen molar-refractivity contribution in [3.05, 3.63) is 23.0 Å². The number of aromatic nitrogens is 4. The van der Waals surface area contributed by atoms with Gasteiger partial charge in [0.25, 0.3) is 0 Å². The van der Waals surface area contributed by atoms with E-state index in [1.165, 1.54) is 11.3 Å². The molecule has 2 aromatic heterocycles. The first-order chi connectivity index (χ1) is 11.0. The monoisotopic (exact) mass is 334 g/mol. The maximum absolute atomic E-state index is 12.6. The minimum absolute atomic E-state index is 0.00361. The van der Waals surface area contributed by atoms with Crippen LogP contribution in [0.1, 0.15) is 30.3 Å². The highest BCUT2D eigenvalue weighted by atomic mass is 32.1. The van der Waals surface area contributed by atoms with Gasteiger partial charge in [-0.2, -0.15) is 5.10 Å². The second-order valence-electron chi connectivity index (χ2n) is 6.41. The lowest BCUT2D eigenvalue weighted by Gasteiger charge is -2.15. The quantitative estimate of drug-likeness (QED) is 0.864. The van der Waals surface area contributed by atoms with Gasteiger partial charge in [0.1, 0.15) is 5.01 Å². The summed E-state index contributed by atoms with van der Waals surface area (Å²) in [5.74, 6) is 0.556. The minimum Gasteiger partial charge on any atom is -0.315 e. The fourth-order valence-electron chi connectivity index (χ4n) is 2.87. The standard InChI is InChI=1S/C15H22N6OS/c1-9(2)4-13-19-20-15(23-13)18-14(22)12-7-16-6-11(12)10-5-17-21(3)8-10/h5,8-9,11-12,16H,4,6-7H2,1-3H3,(H,18,20,22)/t11-,12+/m1/s1. The first-order valence-electron chi connectivity index (χ1n) is 7.85. The van der Waals surface area contributed by atoms with Crippen LogP contribution in [0.15, 0.2) is 12.4 Å². The second-order valence-corrected chi connectivity index (χ2v) is 7.47. The van der Waals surface area contributed by atoms with Crippen LogP contribution < -0.4 is 10.6 Å². The van der Waals surface area contributed by atoms with Crippen LogP contribution in [-0.4, -0.2) is 39.0 Å². The Kier molecular flexibility index (Phi) is 4.72. The van der Waals surface area contributed by atoms with Crippen molar-refractivity contribution in [2.75, 3.05) is 18.4 Å². The number of rotatable bonds is 5. The summed E-state index contributed by atoms with van der Waals surface area (Å²) in [6.07, 6.45) is 4.70. The molecule has 1 fully saturated rings. The van der Waals surface area contributed by atoms with E-state index >= 15 is 0 Å². The van der Waals surface area contributed by atoms with Gasteiger partial charge in [0.15, 0.2) is 0 Å². The molecule has 0 aromatic carbocycles. The van der Waals surface area contributed by atoms with Crippen LogP contribution in [0.5, 0.6) is 0 Å². The molecule has 2 atom stereocenters. The normalized spacial score (nSPS) is 21.0. The SMILES string of the molecule is CC(C)Cc1nnc(NC(=O)[C@H]2CNC[C@@H]2c2cnn(C)c2)s1. The molecule has 1 aliphatic heterocycles. The first-order valence-corrected chi connectivity index (χ1v) is 8.67. The van der Waals surface area contributed by atoms with Crippen LogP contribution in [0.25, 0.3) is 0 Å². The lowest BCUT2D eigenvalue weighted by molar-refractivity contribution is -0.119. The summed E-state index contributed by atoms with van der Waals surface area (Å²) in [5, 5.41) is 20.2. The number of amides is 1. The van der Waals surface area contributed by atoms with Gasteiger partial charge < -0.3 is 10.6 Å². The van der Waals surface area contributed by atoms with E-state index in [2.05, 4.69) is 39.8 Å². The Labute approximate surface area is 139 Å². The van der Waals surface area contributed by atoms with Crippen molar-refractivity contribution in [3.8, 4) is 0 Å². The van der Waals surface area contributed by atoms with Gasteiger partial charge in [0.2, 0.25) is 11.0 Å². The maximum atomic E-state index is 12.6. The zero-order chi connectivity index (χ0) is 16.4. The molecule has 1 saturated heterocycles. The molecule has 23 heavy (non-hydrogen) atoms. The van der Waals surface area contributed by atoms with Crippen LogP contribution in [0.2, 0.25) is 0 Å². The lowest BCUT2D eigenvalue weighted by atomic mass is 9.90. The van der Waals surface area contributed by atoms with Gasteiger partial charge in [0, 0.05) is 38.7 Å². The molecule has 0 radical (unpaired) electrons. The van der Waals surface area contributed by atoms with E-state index in [1.54, 1.807) is 4.68 Å². The molecule has 2 N–H and O–H groups in total. The molecule has 7 nitrogen and oxygen atoms in total. The number of hydrogen-bond acceptors (Lipinski definition) is 6. The Balaban J connectivity index is 1.66. The summed E-state index contributed by atoms with van der Waals surface area (Å²) in [6.45, 7) is 5.74. The Morgan fingerprint density at radius 1 is 1.48 bits per heavy atom. The molecule has 1 amide bonds. The molecule has 0 spiro atoms. The molecular formula is C15H22N6OS. The van der Waals surface area contributed by atoms with Crippen molar-refractivity contribution in [1.82, 2.24) is 25.3 Å². The van der Waals surface area contributed by atoms with Crippen molar-refractivity contribution in [2.45, 2.75) is 26.2 Å². The molecule has 3 heterocycles. The zero-order valence-electron chi connectivity index (χ0n) is 13.6. The summed E-state index contributed by atoms with van der Waals surface area (Å²) in [5.41, 5.74) is 1.09. The van der Waals surface area contributed by atoms with Gasteiger partial charge in [-0.15, -0.1) is 10.2 Å². The largest absolute Gasteiger partial charge is 0.315 e. The van der Waals surface area contributed by atoms with E-state index in [0.717, 1.165) is 23.5 Å².